The third-order valence-corrected chi connectivity index (χ3v) is 3.32. The fourth-order valence-electron chi connectivity index (χ4n) is 2.01. The molecule has 2 N–H and O–H groups in total. The van der Waals surface area contributed by atoms with E-state index in [1.165, 1.54) is 5.56 Å². The molecule has 2 rings (SSSR count). The van der Waals surface area contributed by atoms with Gasteiger partial charge in [-0.1, -0.05) is 29.8 Å². The molecule has 0 saturated heterocycles. The Labute approximate surface area is 113 Å². The monoisotopic (exact) mass is 263 g/mol. The molecule has 0 radical (unpaired) electrons. The second-order valence-corrected chi connectivity index (χ2v) is 4.87. The third kappa shape index (κ3) is 3.34. The van der Waals surface area contributed by atoms with E-state index in [1.54, 1.807) is 0 Å². The molecule has 0 aliphatic rings. The highest BCUT2D eigenvalue weighted by atomic mass is 35.5. The van der Waals surface area contributed by atoms with Gasteiger partial charge in [-0.05, 0) is 37.0 Å². The lowest BCUT2D eigenvalue weighted by Crippen LogP contribution is -2.25. The first-order valence-electron chi connectivity index (χ1n) is 6.19. The van der Waals surface area contributed by atoms with E-state index in [0.29, 0.717) is 0 Å². The normalized spacial score (nSPS) is 12.6. The number of nitrogens with zero attached hydrogens (tertiary/aromatic N) is 2. The third-order valence-electron chi connectivity index (χ3n) is 2.95. The van der Waals surface area contributed by atoms with Crippen LogP contribution in [0.1, 0.15) is 18.1 Å². The number of nitrogens with two attached hydrogens (primary N) is 1. The average molecular weight is 264 g/mol. The van der Waals surface area contributed by atoms with Crippen LogP contribution in [0.15, 0.2) is 36.7 Å². The van der Waals surface area contributed by atoms with E-state index >= 15 is 0 Å². The molecule has 18 heavy (non-hydrogen) atoms. The Balaban J connectivity index is 1.96. The fourth-order valence-corrected chi connectivity index (χ4v) is 2.22. The maximum Gasteiger partial charge on any atom is 0.0522 e. The molecule has 0 aliphatic heterocycles. The van der Waals surface area contributed by atoms with Gasteiger partial charge in [0.2, 0.25) is 0 Å². The van der Waals surface area contributed by atoms with Gasteiger partial charge >= 0.3 is 0 Å². The molecule has 0 saturated carbocycles. The first kappa shape index (κ1) is 13.1. The molecule has 0 spiro atoms. The number of aryl methyl sites for hydroxylation is 1. The van der Waals surface area contributed by atoms with E-state index in [2.05, 4.69) is 12.0 Å². The molecule has 2 aromatic rings. The lowest BCUT2D eigenvalue weighted by Gasteiger charge is -2.11. The Morgan fingerprint density at radius 2 is 2.11 bits per heavy atom. The molecular weight excluding hydrogens is 246 g/mol. The quantitative estimate of drug-likeness (QED) is 0.901. The number of halogens is 1. The molecule has 96 valence electrons. The van der Waals surface area contributed by atoms with E-state index < -0.39 is 0 Å². The Kier molecular flexibility index (Phi) is 4.39. The molecule has 0 amide bonds. The van der Waals surface area contributed by atoms with E-state index in [-0.39, 0.29) is 6.04 Å². The summed E-state index contributed by atoms with van der Waals surface area (Å²) in [5.74, 6) is 0. The van der Waals surface area contributed by atoms with E-state index in [9.17, 15) is 0 Å². The highest BCUT2D eigenvalue weighted by molar-refractivity contribution is 6.31. The van der Waals surface area contributed by atoms with Crippen LogP contribution in [0, 0.1) is 0 Å². The van der Waals surface area contributed by atoms with Gasteiger partial charge in [0.05, 0.1) is 6.20 Å². The molecule has 1 aromatic heterocycles. The predicted octanol–water partition coefficient (Wildman–Crippen LogP) is 2.67. The summed E-state index contributed by atoms with van der Waals surface area (Å²) in [5.41, 5.74) is 8.44. The van der Waals surface area contributed by atoms with Crippen LogP contribution in [0.5, 0.6) is 0 Å². The molecule has 0 bridgehead atoms. The van der Waals surface area contributed by atoms with Crippen LogP contribution in [0.4, 0.5) is 0 Å². The first-order valence-corrected chi connectivity index (χ1v) is 6.57. The molecule has 0 fully saturated rings. The zero-order valence-electron chi connectivity index (χ0n) is 10.5. The number of benzene rings is 1. The van der Waals surface area contributed by atoms with Gasteiger partial charge in [-0.2, -0.15) is 5.10 Å². The standard InChI is InChI=1S/C14H18ClN3/c1-2-18-10-11(9-17-18)7-13(16)8-12-5-3-4-6-14(12)15/h3-6,9-10,13H,2,7-8,16H2,1H3. The first-order chi connectivity index (χ1) is 8.69. The smallest absolute Gasteiger partial charge is 0.0522 e. The number of rotatable bonds is 5. The van der Waals surface area contributed by atoms with Crippen molar-refractivity contribution < 1.29 is 0 Å². The number of hydrogen-bond acceptors (Lipinski definition) is 2. The second-order valence-electron chi connectivity index (χ2n) is 4.46. The highest BCUT2D eigenvalue weighted by Gasteiger charge is 2.09. The summed E-state index contributed by atoms with van der Waals surface area (Å²) in [5, 5.41) is 5.04. The van der Waals surface area contributed by atoms with Gasteiger partial charge in [-0.25, -0.2) is 0 Å². The zero-order chi connectivity index (χ0) is 13.0. The van der Waals surface area contributed by atoms with Crippen LogP contribution in [0.3, 0.4) is 0 Å². The minimum absolute atomic E-state index is 0.0689. The average Bonchev–Trinajstić information content (AvgIpc) is 2.80. The SMILES string of the molecule is CCn1cc(CC(N)Cc2ccccc2Cl)cn1. The Bertz CT molecular complexity index is 507. The van der Waals surface area contributed by atoms with Crippen molar-refractivity contribution in [2.75, 3.05) is 0 Å². The van der Waals surface area contributed by atoms with Gasteiger partial charge in [-0.3, -0.25) is 4.68 Å². The lowest BCUT2D eigenvalue weighted by molar-refractivity contribution is 0.650. The summed E-state index contributed by atoms with van der Waals surface area (Å²) in [4.78, 5) is 0. The highest BCUT2D eigenvalue weighted by Crippen LogP contribution is 2.17. The van der Waals surface area contributed by atoms with Crippen molar-refractivity contribution >= 4 is 11.6 Å². The van der Waals surface area contributed by atoms with Gasteiger partial charge in [0.1, 0.15) is 0 Å². The fraction of sp³-hybridized carbons (Fsp3) is 0.357. The molecule has 0 aliphatic carbocycles. The van der Waals surface area contributed by atoms with E-state index in [1.807, 2.05) is 41.3 Å². The Morgan fingerprint density at radius 3 is 2.78 bits per heavy atom. The van der Waals surface area contributed by atoms with Gasteiger partial charge in [0.25, 0.3) is 0 Å². The van der Waals surface area contributed by atoms with Crippen molar-refractivity contribution in [1.82, 2.24) is 9.78 Å². The van der Waals surface area contributed by atoms with Crippen LogP contribution in [0.25, 0.3) is 0 Å². The summed E-state index contributed by atoms with van der Waals surface area (Å²) >= 11 is 6.13. The van der Waals surface area contributed by atoms with Gasteiger partial charge in [-0.15, -0.1) is 0 Å². The summed E-state index contributed by atoms with van der Waals surface area (Å²) in [7, 11) is 0. The number of hydrogen-bond donors (Lipinski definition) is 1. The van der Waals surface area contributed by atoms with Crippen molar-refractivity contribution in [3.05, 3.63) is 52.8 Å². The molecule has 4 heteroatoms. The minimum Gasteiger partial charge on any atom is -0.327 e. The second kappa shape index (κ2) is 6.03. The largest absolute Gasteiger partial charge is 0.327 e. The summed E-state index contributed by atoms with van der Waals surface area (Å²) < 4.78 is 1.91. The Morgan fingerprint density at radius 1 is 1.33 bits per heavy atom. The van der Waals surface area contributed by atoms with E-state index in [0.717, 1.165) is 30.0 Å². The van der Waals surface area contributed by atoms with Crippen LogP contribution >= 0.6 is 11.6 Å². The topological polar surface area (TPSA) is 43.8 Å². The number of aromatic nitrogens is 2. The molecule has 1 heterocycles. The van der Waals surface area contributed by atoms with Crippen LogP contribution in [-0.2, 0) is 19.4 Å². The van der Waals surface area contributed by atoms with Crippen LogP contribution in [-0.4, -0.2) is 15.8 Å². The summed E-state index contributed by atoms with van der Waals surface area (Å²) in [6.07, 6.45) is 5.55. The maximum absolute atomic E-state index is 6.16. The predicted molar refractivity (Wildman–Crippen MR) is 74.7 cm³/mol. The minimum atomic E-state index is 0.0689. The molecule has 3 nitrogen and oxygen atoms in total. The summed E-state index contributed by atoms with van der Waals surface area (Å²) in [6.45, 7) is 2.96. The van der Waals surface area contributed by atoms with Crippen molar-refractivity contribution in [3.63, 3.8) is 0 Å². The molecule has 1 unspecified atom stereocenters. The van der Waals surface area contributed by atoms with Crippen molar-refractivity contribution in [3.8, 4) is 0 Å². The maximum atomic E-state index is 6.16. The van der Waals surface area contributed by atoms with Gasteiger partial charge in [0.15, 0.2) is 0 Å². The molecule has 1 aromatic carbocycles. The van der Waals surface area contributed by atoms with Gasteiger partial charge in [0, 0.05) is 23.8 Å². The Hall–Kier alpha value is -1.32. The molecule has 1 atom stereocenters. The van der Waals surface area contributed by atoms with E-state index in [4.69, 9.17) is 17.3 Å². The summed E-state index contributed by atoms with van der Waals surface area (Å²) in [6, 6.07) is 7.92. The van der Waals surface area contributed by atoms with Crippen molar-refractivity contribution in [2.24, 2.45) is 5.73 Å². The molecular formula is C14H18ClN3. The van der Waals surface area contributed by atoms with Crippen molar-refractivity contribution in [2.45, 2.75) is 32.4 Å². The zero-order valence-corrected chi connectivity index (χ0v) is 11.3. The van der Waals surface area contributed by atoms with Crippen molar-refractivity contribution in [1.29, 1.82) is 0 Å². The van der Waals surface area contributed by atoms with Gasteiger partial charge < -0.3 is 5.73 Å². The van der Waals surface area contributed by atoms with Crippen LogP contribution in [0.2, 0.25) is 5.02 Å². The van der Waals surface area contributed by atoms with Crippen LogP contribution < -0.4 is 5.73 Å². The lowest BCUT2D eigenvalue weighted by atomic mass is 10.0.